The van der Waals surface area contributed by atoms with E-state index in [1.807, 2.05) is 0 Å². The Morgan fingerprint density at radius 3 is 2.41 bits per heavy atom. The third-order valence-electron chi connectivity index (χ3n) is 10.9. The summed E-state index contributed by atoms with van der Waals surface area (Å²) in [5, 5.41) is 20.9. The number of carboxylic acid groups (broad SMARTS) is 1. The molecule has 10 atom stereocenters. The average molecular weight is 405 g/mol. The van der Waals surface area contributed by atoms with Gasteiger partial charge in [-0.3, -0.25) is 4.79 Å². The van der Waals surface area contributed by atoms with Gasteiger partial charge in [0.05, 0.1) is 6.10 Å². The number of aliphatic hydroxyl groups excluding tert-OH is 1. The molecular formula is C26H44O3. The fourth-order valence-electron chi connectivity index (χ4n) is 9.57. The van der Waals surface area contributed by atoms with E-state index in [0.29, 0.717) is 53.3 Å². The zero-order valence-corrected chi connectivity index (χ0v) is 19.2. The molecule has 0 heterocycles. The van der Waals surface area contributed by atoms with Gasteiger partial charge < -0.3 is 10.2 Å². The Kier molecular flexibility index (Phi) is 5.86. The molecule has 2 N–H and O–H groups in total. The lowest BCUT2D eigenvalue weighted by Crippen LogP contribution is -2.61. The molecule has 166 valence electrons. The van der Waals surface area contributed by atoms with Gasteiger partial charge in [0.15, 0.2) is 0 Å². The first-order valence-corrected chi connectivity index (χ1v) is 12.6. The summed E-state index contributed by atoms with van der Waals surface area (Å²) in [4.78, 5) is 11.1. The highest BCUT2D eigenvalue weighted by Gasteiger charge is 2.64. The summed E-state index contributed by atoms with van der Waals surface area (Å²) in [6.45, 7) is 9.69. The van der Waals surface area contributed by atoms with E-state index in [2.05, 4.69) is 27.7 Å². The molecule has 3 nitrogen and oxygen atoms in total. The molecule has 0 saturated heterocycles. The van der Waals surface area contributed by atoms with Crippen LogP contribution in [0, 0.1) is 52.3 Å². The number of carboxylic acids is 1. The third-order valence-corrected chi connectivity index (χ3v) is 10.9. The first-order chi connectivity index (χ1) is 13.7. The van der Waals surface area contributed by atoms with E-state index in [-0.39, 0.29) is 11.5 Å². The molecule has 3 unspecified atom stereocenters. The largest absolute Gasteiger partial charge is 0.481 e. The van der Waals surface area contributed by atoms with Gasteiger partial charge in [-0.15, -0.1) is 0 Å². The summed E-state index contributed by atoms with van der Waals surface area (Å²) in [5.41, 5.74) is 0.716. The number of carbonyl (C=O) groups is 1. The smallest absolute Gasteiger partial charge is 0.303 e. The Balaban J connectivity index is 1.61. The summed E-state index contributed by atoms with van der Waals surface area (Å²) < 4.78 is 0. The van der Waals surface area contributed by atoms with Crippen LogP contribution in [-0.4, -0.2) is 22.3 Å². The van der Waals surface area contributed by atoms with Crippen molar-refractivity contribution in [3.8, 4) is 0 Å². The van der Waals surface area contributed by atoms with Crippen LogP contribution >= 0.6 is 0 Å². The van der Waals surface area contributed by atoms with Crippen molar-refractivity contribution in [2.45, 2.75) is 104 Å². The Morgan fingerprint density at radius 2 is 1.72 bits per heavy atom. The first kappa shape index (κ1) is 21.7. The predicted octanol–water partition coefficient (Wildman–Crippen LogP) is 6.14. The van der Waals surface area contributed by atoms with Crippen LogP contribution in [0.5, 0.6) is 0 Å². The molecule has 4 fully saturated rings. The highest BCUT2D eigenvalue weighted by Crippen LogP contribution is 2.69. The molecule has 0 aliphatic heterocycles. The molecule has 0 aromatic rings. The highest BCUT2D eigenvalue weighted by atomic mass is 16.4. The predicted molar refractivity (Wildman–Crippen MR) is 116 cm³/mol. The summed E-state index contributed by atoms with van der Waals surface area (Å²) in [6.07, 6.45) is 12.5. The highest BCUT2D eigenvalue weighted by molar-refractivity contribution is 5.66. The van der Waals surface area contributed by atoms with E-state index in [9.17, 15) is 9.90 Å². The average Bonchev–Trinajstić information content (AvgIpc) is 3.04. The van der Waals surface area contributed by atoms with Crippen molar-refractivity contribution >= 4 is 5.97 Å². The number of fused-ring (bicyclic) bond motifs is 5. The van der Waals surface area contributed by atoms with Crippen molar-refractivity contribution < 1.29 is 15.0 Å². The van der Waals surface area contributed by atoms with Crippen molar-refractivity contribution in [3.05, 3.63) is 0 Å². The van der Waals surface area contributed by atoms with E-state index >= 15 is 0 Å². The van der Waals surface area contributed by atoms with Crippen LogP contribution in [0.2, 0.25) is 0 Å². The Hall–Kier alpha value is -0.570. The van der Waals surface area contributed by atoms with Gasteiger partial charge in [-0.05, 0) is 97.2 Å². The molecule has 0 spiro atoms. The van der Waals surface area contributed by atoms with Gasteiger partial charge in [0.2, 0.25) is 0 Å². The lowest BCUT2D eigenvalue weighted by Gasteiger charge is -2.64. The standard InChI is InChI=1S/C26H44O3/c1-5-17-19-8-6-7-14-25(19,3)21-13-15-26(4)18(16(2)9-12-22(27)28)10-11-20(26)23(21)24(17)29/h16-21,23-24,29H,5-15H2,1-4H3,(H,27,28)/t16-,17-,18-,19+,20?,21?,23?,24-,25+,26-/m1/s1. The Bertz CT molecular complexity index is 617. The summed E-state index contributed by atoms with van der Waals surface area (Å²) >= 11 is 0. The maximum atomic E-state index is 11.7. The van der Waals surface area contributed by atoms with Crippen LogP contribution < -0.4 is 0 Å². The molecule has 0 aromatic carbocycles. The first-order valence-electron chi connectivity index (χ1n) is 12.6. The monoisotopic (exact) mass is 404 g/mol. The summed E-state index contributed by atoms with van der Waals surface area (Å²) in [7, 11) is 0. The van der Waals surface area contributed by atoms with E-state index in [4.69, 9.17) is 5.11 Å². The van der Waals surface area contributed by atoms with Gasteiger partial charge in [0, 0.05) is 6.42 Å². The second-order valence-electron chi connectivity index (χ2n) is 11.8. The molecule has 0 aromatic heterocycles. The number of aliphatic carboxylic acids is 1. The van der Waals surface area contributed by atoms with Crippen LogP contribution in [-0.2, 0) is 4.79 Å². The minimum absolute atomic E-state index is 0.126. The van der Waals surface area contributed by atoms with Crippen molar-refractivity contribution in [1.82, 2.24) is 0 Å². The topological polar surface area (TPSA) is 57.5 Å². The molecule has 4 aliphatic carbocycles. The molecule has 4 aliphatic rings. The van der Waals surface area contributed by atoms with Crippen LogP contribution in [0.15, 0.2) is 0 Å². The van der Waals surface area contributed by atoms with Gasteiger partial charge >= 0.3 is 5.97 Å². The molecule has 0 amide bonds. The van der Waals surface area contributed by atoms with E-state index in [1.54, 1.807) is 0 Å². The summed E-state index contributed by atoms with van der Waals surface area (Å²) in [6, 6.07) is 0. The minimum Gasteiger partial charge on any atom is -0.481 e. The van der Waals surface area contributed by atoms with E-state index in [1.165, 1.54) is 51.4 Å². The van der Waals surface area contributed by atoms with E-state index in [0.717, 1.165) is 12.8 Å². The van der Waals surface area contributed by atoms with Gasteiger partial charge in [-0.25, -0.2) is 0 Å². The SMILES string of the molecule is CC[C@H]1[C@@H](O)C2C3CC[C@H]([C@H](C)CCC(=O)O)[C@@]3(C)CCC2[C@@]2(C)CCCC[C@@H]12. The molecular weight excluding hydrogens is 360 g/mol. The van der Waals surface area contributed by atoms with Crippen LogP contribution in [0.3, 0.4) is 0 Å². The zero-order chi connectivity index (χ0) is 21.0. The molecule has 0 radical (unpaired) electrons. The van der Waals surface area contributed by atoms with Gasteiger partial charge in [0.1, 0.15) is 0 Å². The second kappa shape index (κ2) is 7.84. The zero-order valence-electron chi connectivity index (χ0n) is 19.2. The Labute approximate surface area is 178 Å². The molecule has 4 rings (SSSR count). The molecule has 0 bridgehead atoms. The fourth-order valence-corrected chi connectivity index (χ4v) is 9.57. The third kappa shape index (κ3) is 3.29. The molecule has 4 saturated carbocycles. The number of hydrogen-bond donors (Lipinski definition) is 2. The van der Waals surface area contributed by atoms with Crippen molar-refractivity contribution in [3.63, 3.8) is 0 Å². The normalized spacial score (nSPS) is 50.3. The van der Waals surface area contributed by atoms with Crippen LogP contribution in [0.4, 0.5) is 0 Å². The summed E-state index contributed by atoms with van der Waals surface area (Å²) in [5.74, 6) is 3.41. The van der Waals surface area contributed by atoms with Gasteiger partial charge in [0.25, 0.3) is 0 Å². The second-order valence-corrected chi connectivity index (χ2v) is 11.8. The fraction of sp³-hybridized carbons (Fsp3) is 0.962. The number of aliphatic hydroxyl groups is 1. The van der Waals surface area contributed by atoms with Crippen molar-refractivity contribution in [1.29, 1.82) is 0 Å². The lowest BCUT2D eigenvalue weighted by molar-refractivity contribution is -0.194. The van der Waals surface area contributed by atoms with Crippen molar-refractivity contribution in [2.75, 3.05) is 0 Å². The minimum atomic E-state index is -0.662. The van der Waals surface area contributed by atoms with Crippen molar-refractivity contribution in [2.24, 2.45) is 52.3 Å². The van der Waals surface area contributed by atoms with Crippen LogP contribution in [0.25, 0.3) is 0 Å². The van der Waals surface area contributed by atoms with Gasteiger partial charge in [-0.2, -0.15) is 0 Å². The lowest BCUT2D eigenvalue weighted by atomic mass is 9.41. The quantitative estimate of drug-likeness (QED) is 0.578. The maximum absolute atomic E-state index is 11.7. The van der Waals surface area contributed by atoms with Crippen LogP contribution in [0.1, 0.15) is 98.3 Å². The molecule has 3 heteroatoms. The molecule has 29 heavy (non-hydrogen) atoms. The number of hydrogen-bond acceptors (Lipinski definition) is 2. The maximum Gasteiger partial charge on any atom is 0.303 e. The van der Waals surface area contributed by atoms with E-state index < -0.39 is 5.97 Å². The number of rotatable bonds is 5. The van der Waals surface area contributed by atoms with Gasteiger partial charge in [-0.1, -0.05) is 47.0 Å². The Morgan fingerprint density at radius 1 is 1.00 bits per heavy atom.